The van der Waals surface area contributed by atoms with Gasteiger partial charge in [0.2, 0.25) is 5.91 Å². The number of hydrogen-bond acceptors (Lipinski definition) is 2. The van der Waals surface area contributed by atoms with Gasteiger partial charge in [-0.25, -0.2) is 0 Å². The summed E-state index contributed by atoms with van der Waals surface area (Å²) in [7, 11) is 0. The Morgan fingerprint density at radius 3 is 2.40 bits per heavy atom. The second kappa shape index (κ2) is 6.83. The monoisotopic (exact) mass is 216 g/mol. The van der Waals surface area contributed by atoms with Gasteiger partial charge in [0.15, 0.2) is 0 Å². The molecule has 1 aliphatic rings. The van der Waals surface area contributed by atoms with E-state index in [9.17, 15) is 4.79 Å². The summed E-state index contributed by atoms with van der Waals surface area (Å²) in [5, 5.41) is 6.31. The van der Waals surface area contributed by atoms with Crippen LogP contribution in [0.5, 0.6) is 0 Å². The fourth-order valence-electron chi connectivity index (χ4n) is 2.30. The van der Waals surface area contributed by atoms with Crippen molar-refractivity contribution in [3.63, 3.8) is 0 Å². The van der Waals surface area contributed by atoms with Crippen molar-refractivity contribution >= 4 is 5.91 Å². The van der Waals surface area contributed by atoms with Crippen LogP contribution in [0.1, 0.15) is 42.4 Å². The van der Waals surface area contributed by atoms with E-state index in [1.807, 2.05) is 6.92 Å². The quantitative estimate of drug-likeness (QED) is 0.738. The van der Waals surface area contributed by atoms with Crippen LogP contribution in [0.4, 0.5) is 0 Å². The lowest BCUT2D eigenvalue weighted by Gasteiger charge is -2.27. The molecule has 92 valence electrons. The Morgan fingerprint density at radius 2 is 1.87 bits per heavy atom. The van der Waals surface area contributed by atoms with Crippen molar-refractivity contribution in [1.29, 1.82) is 0 Å². The highest BCUT2D eigenvalue weighted by atomic mass is 16.1. The zero-order valence-electron chi connectivity index (χ0n) is 10.0. The number of amides is 1. The van der Waals surface area contributed by atoms with Gasteiger partial charge in [0.25, 0.3) is 0 Å². The summed E-state index contributed by atoms with van der Waals surface area (Å²) in [4.78, 5) is 11.6. The molecule has 0 unspecified atom stereocenters. The highest BCUT2D eigenvalue weighted by Gasteiger charge is 2.25. The molecule has 0 heterocycles. The molecule has 0 spiro atoms. The number of rotatable bonds is 5. The molecule has 0 aromatic rings. The summed E-state index contributed by atoms with van der Waals surface area (Å²) >= 11 is 0. The van der Waals surface area contributed by atoms with E-state index < -0.39 is 0 Å². The van der Waals surface area contributed by atoms with Crippen LogP contribution >= 0.6 is 0 Å². The van der Waals surface area contributed by atoms with Crippen molar-refractivity contribution in [2.24, 2.45) is 11.8 Å². The first kappa shape index (κ1) is 12.5. The van der Waals surface area contributed by atoms with E-state index in [2.05, 4.69) is 17.6 Å². The summed E-state index contributed by atoms with van der Waals surface area (Å²) in [6.07, 6.45) is 4.55. The fourth-order valence-corrected chi connectivity index (χ4v) is 2.30. The van der Waals surface area contributed by atoms with Gasteiger partial charge in [-0.05, 0) is 51.6 Å². The third-order valence-electron chi connectivity index (χ3n) is 3.25. The second-order valence-electron chi connectivity index (χ2n) is 4.42. The molecule has 0 aromatic carbocycles. The maximum atomic E-state index is 11.6. The van der Waals surface area contributed by atoms with E-state index in [0.717, 1.165) is 38.4 Å². The molecule has 1 fully saturated rings. The van der Waals surface area contributed by atoms with E-state index in [0.29, 0.717) is 0 Å². The Labute approximate surface area is 96.0 Å². The summed E-state index contributed by atoms with van der Waals surface area (Å²) in [6.45, 7) is 7.06. The van der Waals surface area contributed by atoms with Crippen LogP contribution < -0.4 is 10.6 Å². The Morgan fingerprint density at radius 1 is 1.20 bits per heavy atom. The molecule has 1 aliphatic carbocycles. The van der Waals surface area contributed by atoms with Crippen LogP contribution in [0, 0.1) is 11.8 Å². The van der Waals surface area contributed by atoms with Crippen molar-refractivity contribution in [2.45, 2.75) is 39.5 Å². The van der Waals surface area contributed by atoms with Crippen LogP contribution in [-0.4, -0.2) is 25.5 Å². The summed E-state index contributed by atoms with van der Waals surface area (Å²) in [5.74, 6) is 1.33. The maximum absolute atomic E-state index is 11.6. The summed E-state index contributed by atoms with van der Waals surface area (Å²) in [6, 6.07) is 0. The standard InChI is InChI=1S/C12H24N2O.2H2/c1-3-13-9-10-5-7-11(8-6-10)12(15)14-4-2;;/h10-11,13H,3-9H2,1-2H3,(H,14,15);2*1H. The van der Waals surface area contributed by atoms with Gasteiger partial charge < -0.3 is 10.6 Å². The van der Waals surface area contributed by atoms with Gasteiger partial charge in [0.1, 0.15) is 0 Å². The second-order valence-corrected chi connectivity index (χ2v) is 4.42. The van der Waals surface area contributed by atoms with Gasteiger partial charge in [0, 0.05) is 15.3 Å². The minimum absolute atomic E-state index is 0. The van der Waals surface area contributed by atoms with Crippen LogP contribution in [-0.2, 0) is 4.79 Å². The minimum Gasteiger partial charge on any atom is -0.356 e. The van der Waals surface area contributed by atoms with Gasteiger partial charge >= 0.3 is 0 Å². The predicted molar refractivity (Wildman–Crippen MR) is 66.9 cm³/mol. The Hall–Kier alpha value is -0.570. The highest BCUT2D eigenvalue weighted by molar-refractivity contribution is 5.78. The topological polar surface area (TPSA) is 41.1 Å². The average Bonchev–Trinajstić information content (AvgIpc) is 2.27. The minimum atomic E-state index is 0. The number of carbonyl (C=O) groups excluding carboxylic acids is 1. The normalized spacial score (nSPS) is 26.3. The number of hydrogen-bond donors (Lipinski definition) is 2. The molecular weight excluding hydrogens is 188 g/mol. The lowest BCUT2D eigenvalue weighted by atomic mass is 9.81. The molecule has 0 aliphatic heterocycles. The van der Waals surface area contributed by atoms with E-state index in [4.69, 9.17) is 0 Å². The lowest BCUT2D eigenvalue weighted by Crippen LogP contribution is -2.34. The average molecular weight is 216 g/mol. The Balaban J connectivity index is 0. The zero-order chi connectivity index (χ0) is 11.1. The third kappa shape index (κ3) is 4.20. The van der Waals surface area contributed by atoms with E-state index in [1.54, 1.807) is 0 Å². The first-order chi connectivity index (χ1) is 7.27. The molecule has 0 radical (unpaired) electrons. The molecule has 1 rings (SSSR count). The fraction of sp³-hybridized carbons (Fsp3) is 0.917. The number of carbonyl (C=O) groups is 1. The van der Waals surface area contributed by atoms with E-state index >= 15 is 0 Å². The van der Waals surface area contributed by atoms with Gasteiger partial charge in [0.05, 0.1) is 0 Å². The Bertz CT molecular complexity index is 195. The molecule has 3 nitrogen and oxygen atoms in total. The zero-order valence-corrected chi connectivity index (χ0v) is 10.0. The van der Waals surface area contributed by atoms with Crippen LogP contribution in [0.25, 0.3) is 0 Å². The molecule has 0 atom stereocenters. The molecular formula is C12H28N2O. The molecule has 3 heteroatoms. The van der Waals surface area contributed by atoms with Crippen molar-refractivity contribution in [1.82, 2.24) is 10.6 Å². The molecule has 0 saturated heterocycles. The lowest BCUT2D eigenvalue weighted by molar-refractivity contribution is -0.126. The predicted octanol–water partition coefficient (Wildman–Crippen LogP) is 2.03. The Kier molecular flexibility index (Phi) is 5.69. The smallest absolute Gasteiger partial charge is 0.223 e. The molecule has 15 heavy (non-hydrogen) atoms. The molecule has 2 N–H and O–H groups in total. The highest BCUT2D eigenvalue weighted by Crippen LogP contribution is 2.28. The summed E-state index contributed by atoms with van der Waals surface area (Å²) in [5.41, 5.74) is 0. The van der Waals surface area contributed by atoms with Crippen molar-refractivity contribution in [3.8, 4) is 0 Å². The summed E-state index contributed by atoms with van der Waals surface area (Å²) < 4.78 is 0. The van der Waals surface area contributed by atoms with Gasteiger partial charge in [-0.15, -0.1) is 0 Å². The van der Waals surface area contributed by atoms with Gasteiger partial charge in [-0.1, -0.05) is 6.92 Å². The number of nitrogens with one attached hydrogen (secondary N) is 2. The largest absolute Gasteiger partial charge is 0.356 e. The first-order valence-corrected chi connectivity index (χ1v) is 6.26. The van der Waals surface area contributed by atoms with Crippen molar-refractivity contribution in [3.05, 3.63) is 0 Å². The van der Waals surface area contributed by atoms with E-state index in [1.165, 1.54) is 12.8 Å². The van der Waals surface area contributed by atoms with Crippen LogP contribution in [0.15, 0.2) is 0 Å². The van der Waals surface area contributed by atoms with Gasteiger partial charge in [-0.3, -0.25) is 4.79 Å². The SMILES string of the molecule is CCNCC1CCC(C(=O)NCC)CC1.[HH].[HH]. The van der Waals surface area contributed by atoms with Crippen molar-refractivity contribution < 1.29 is 7.65 Å². The third-order valence-corrected chi connectivity index (χ3v) is 3.25. The molecule has 0 aromatic heterocycles. The molecule has 0 bridgehead atoms. The first-order valence-electron chi connectivity index (χ1n) is 6.26. The van der Waals surface area contributed by atoms with E-state index in [-0.39, 0.29) is 14.7 Å². The van der Waals surface area contributed by atoms with Crippen LogP contribution in [0.2, 0.25) is 0 Å². The molecule has 1 amide bonds. The molecule has 1 saturated carbocycles. The van der Waals surface area contributed by atoms with Crippen molar-refractivity contribution in [2.75, 3.05) is 19.6 Å². The maximum Gasteiger partial charge on any atom is 0.223 e. The van der Waals surface area contributed by atoms with Crippen LogP contribution in [0.3, 0.4) is 0 Å². The van der Waals surface area contributed by atoms with Gasteiger partial charge in [-0.2, -0.15) is 0 Å².